The minimum atomic E-state index is -0.807. The molecule has 0 radical (unpaired) electrons. The third kappa shape index (κ3) is 1.42. The van der Waals surface area contributed by atoms with Crippen LogP contribution < -0.4 is 0 Å². The van der Waals surface area contributed by atoms with Crippen LogP contribution in [0.4, 0.5) is 0 Å². The van der Waals surface area contributed by atoms with Gasteiger partial charge in [-0.25, -0.2) is 0 Å². The fraction of sp³-hybridized carbons (Fsp3) is 0.600. The summed E-state index contributed by atoms with van der Waals surface area (Å²) in [5, 5.41) is 8.80. The molecule has 3 heteroatoms. The zero-order chi connectivity index (χ0) is 5.98. The maximum absolute atomic E-state index is 10.6. The fourth-order valence-corrected chi connectivity index (χ4v) is 1.59. The lowest BCUT2D eigenvalue weighted by Gasteiger charge is -2.07. The standard InChI is InChI=1S/C5H8O2S/c6-5-2-1-3-8(7)4-5/h1-2,5-6H,3-4H2. The highest BCUT2D eigenvalue weighted by Gasteiger charge is 2.08. The molecule has 2 unspecified atom stereocenters. The summed E-state index contributed by atoms with van der Waals surface area (Å²) in [5.74, 6) is 1.02. The number of aliphatic hydroxyl groups excluding tert-OH is 1. The van der Waals surface area contributed by atoms with Gasteiger partial charge in [-0.1, -0.05) is 12.2 Å². The molecule has 8 heavy (non-hydrogen) atoms. The molecule has 0 saturated carbocycles. The SMILES string of the molecule is O=S1CC=CC(O)C1. The van der Waals surface area contributed by atoms with Crippen molar-refractivity contribution < 1.29 is 9.32 Å². The molecule has 0 aromatic carbocycles. The molecular formula is C5H8O2S. The Labute approximate surface area is 50.7 Å². The van der Waals surface area contributed by atoms with Crippen molar-refractivity contribution in [2.24, 2.45) is 0 Å². The molecule has 2 atom stereocenters. The van der Waals surface area contributed by atoms with Gasteiger partial charge in [-0.2, -0.15) is 0 Å². The van der Waals surface area contributed by atoms with Gasteiger partial charge in [0.05, 0.1) is 11.9 Å². The van der Waals surface area contributed by atoms with Crippen LogP contribution in [0.25, 0.3) is 0 Å². The van der Waals surface area contributed by atoms with Crippen molar-refractivity contribution in [2.75, 3.05) is 11.5 Å². The molecule has 1 N–H and O–H groups in total. The second-order valence-electron chi connectivity index (χ2n) is 1.77. The van der Waals surface area contributed by atoms with Crippen LogP contribution in [0.1, 0.15) is 0 Å². The van der Waals surface area contributed by atoms with Gasteiger partial charge < -0.3 is 5.11 Å². The van der Waals surface area contributed by atoms with Crippen LogP contribution in [0, 0.1) is 0 Å². The van der Waals surface area contributed by atoms with Gasteiger partial charge in [0.15, 0.2) is 0 Å². The first-order valence-electron chi connectivity index (χ1n) is 2.49. The smallest absolute Gasteiger partial charge is 0.0836 e. The zero-order valence-corrected chi connectivity index (χ0v) is 5.23. The minimum Gasteiger partial charge on any atom is -0.388 e. The highest BCUT2D eigenvalue weighted by atomic mass is 32.2. The average molecular weight is 132 g/mol. The Hall–Kier alpha value is -0.150. The Bertz CT molecular complexity index is 130. The van der Waals surface area contributed by atoms with Crippen LogP contribution in [0.2, 0.25) is 0 Å². The number of hydrogen-bond acceptors (Lipinski definition) is 2. The first-order valence-corrected chi connectivity index (χ1v) is 3.97. The van der Waals surface area contributed by atoms with E-state index >= 15 is 0 Å². The molecule has 2 nitrogen and oxygen atoms in total. The van der Waals surface area contributed by atoms with Crippen molar-refractivity contribution >= 4 is 10.8 Å². The van der Waals surface area contributed by atoms with Crippen LogP contribution in [0.5, 0.6) is 0 Å². The van der Waals surface area contributed by atoms with E-state index in [1.54, 1.807) is 12.2 Å². The van der Waals surface area contributed by atoms with E-state index in [1.807, 2.05) is 0 Å². The molecule has 0 bridgehead atoms. The van der Waals surface area contributed by atoms with Crippen LogP contribution >= 0.6 is 0 Å². The molecule has 1 aliphatic heterocycles. The van der Waals surface area contributed by atoms with Gasteiger partial charge in [0.1, 0.15) is 0 Å². The van der Waals surface area contributed by atoms with Crippen molar-refractivity contribution in [3.63, 3.8) is 0 Å². The predicted octanol–water partition coefficient (Wildman–Crippen LogP) is -0.334. The van der Waals surface area contributed by atoms with E-state index in [0.29, 0.717) is 11.5 Å². The monoisotopic (exact) mass is 132 g/mol. The summed E-state index contributed by atoms with van der Waals surface area (Å²) in [4.78, 5) is 0. The molecule has 1 aliphatic rings. The van der Waals surface area contributed by atoms with Crippen molar-refractivity contribution in [2.45, 2.75) is 6.10 Å². The molecule has 0 fully saturated rings. The molecule has 0 amide bonds. The lowest BCUT2D eigenvalue weighted by atomic mass is 10.3. The van der Waals surface area contributed by atoms with Crippen LogP contribution in [-0.2, 0) is 10.8 Å². The average Bonchev–Trinajstić information content (AvgIpc) is 1.64. The van der Waals surface area contributed by atoms with Crippen LogP contribution in [0.3, 0.4) is 0 Å². The highest BCUT2D eigenvalue weighted by Crippen LogP contribution is 1.98. The Morgan fingerprint density at radius 3 is 2.88 bits per heavy atom. The molecule has 1 rings (SSSR count). The molecule has 1 heterocycles. The van der Waals surface area contributed by atoms with Gasteiger partial charge in [-0.05, 0) is 0 Å². The van der Waals surface area contributed by atoms with E-state index in [0.717, 1.165) is 0 Å². The van der Waals surface area contributed by atoms with Gasteiger partial charge >= 0.3 is 0 Å². The number of aliphatic hydroxyl groups is 1. The molecule has 0 aliphatic carbocycles. The first kappa shape index (κ1) is 5.98. The largest absolute Gasteiger partial charge is 0.388 e. The van der Waals surface area contributed by atoms with Crippen molar-refractivity contribution in [3.05, 3.63) is 12.2 Å². The maximum atomic E-state index is 10.6. The molecule has 46 valence electrons. The summed E-state index contributed by atoms with van der Waals surface area (Å²) in [6.07, 6.45) is 2.97. The first-order chi connectivity index (χ1) is 3.79. The van der Waals surface area contributed by atoms with Gasteiger partial charge in [0.2, 0.25) is 0 Å². The van der Waals surface area contributed by atoms with Crippen molar-refractivity contribution in [3.8, 4) is 0 Å². The lowest BCUT2D eigenvalue weighted by molar-refractivity contribution is 0.246. The minimum absolute atomic E-state index is 0.413. The third-order valence-electron chi connectivity index (χ3n) is 0.997. The van der Waals surface area contributed by atoms with Crippen LogP contribution in [-0.4, -0.2) is 26.9 Å². The summed E-state index contributed by atoms with van der Waals surface area (Å²) in [6.45, 7) is 0. The lowest BCUT2D eigenvalue weighted by Crippen LogP contribution is -2.19. The van der Waals surface area contributed by atoms with Crippen LogP contribution in [0.15, 0.2) is 12.2 Å². The summed E-state index contributed by atoms with van der Waals surface area (Å²) in [5.41, 5.74) is 0. The Morgan fingerprint density at radius 2 is 2.50 bits per heavy atom. The van der Waals surface area contributed by atoms with Gasteiger partial charge in [0, 0.05) is 16.6 Å². The molecule has 0 saturated heterocycles. The highest BCUT2D eigenvalue weighted by molar-refractivity contribution is 7.85. The van der Waals surface area contributed by atoms with Gasteiger partial charge in [-0.15, -0.1) is 0 Å². The van der Waals surface area contributed by atoms with E-state index in [1.165, 1.54) is 0 Å². The summed E-state index contributed by atoms with van der Waals surface area (Å²) in [7, 11) is -0.807. The maximum Gasteiger partial charge on any atom is 0.0836 e. The number of hydrogen-bond donors (Lipinski definition) is 1. The number of rotatable bonds is 0. The molecule has 0 spiro atoms. The van der Waals surface area contributed by atoms with Crippen molar-refractivity contribution in [1.29, 1.82) is 0 Å². The Kier molecular flexibility index (Phi) is 1.81. The summed E-state index contributed by atoms with van der Waals surface area (Å²) in [6, 6.07) is 0. The predicted molar refractivity (Wildman–Crippen MR) is 33.0 cm³/mol. The van der Waals surface area contributed by atoms with E-state index in [9.17, 15) is 4.21 Å². The summed E-state index contributed by atoms with van der Waals surface area (Å²) >= 11 is 0. The van der Waals surface area contributed by atoms with E-state index in [4.69, 9.17) is 5.11 Å². The molecular weight excluding hydrogens is 124 g/mol. The third-order valence-corrected chi connectivity index (χ3v) is 2.27. The second kappa shape index (κ2) is 2.42. The summed E-state index contributed by atoms with van der Waals surface area (Å²) < 4.78 is 10.6. The Balaban J connectivity index is 2.54. The Morgan fingerprint density at radius 1 is 1.75 bits per heavy atom. The van der Waals surface area contributed by atoms with Gasteiger partial charge in [-0.3, -0.25) is 4.21 Å². The quantitative estimate of drug-likeness (QED) is 0.458. The fourth-order valence-electron chi connectivity index (χ4n) is 0.634. The molecule has 0 aromatic heterocycles. The van der Waals surface area contributed by atoms with E-state index in [2.05, 4.69) is 0 Å². The van der Waals surface area contributed by atoms with Crippen molar-refractivity contribution in [1.82, 2.24) is 0 Å². The van der Waals surface area contributed by atoms with E-state index in [-0.39, 0.29) is 0 Å². The zero-order valence-electron chi connectivity index (χ0n) is 4.41. The van der Waals surface area contributed by atoms with E-state index < -0.39 is 16.9 Å². The topological polar surface area (TPSA) is 37.3 Å². The van der Waals surface area contributed by atoms with Gasteiger partial charge in [0.25, 0.3) is 0 Å². The second-order valence-corrected chi connectivity index (χ2v) is 3.31. The molecule has 0 aromatic rings. The normalized spacial score (nSPS) is 37.6.